The topological polar surface area (TPSA) is 27.7 Å². The molecule has 0 aliphatic carbocycles. The molecule has 23 heavy (non-hydrogen) atoms. The molecular formula is C20H42O3. The van der Waals surface area contributed by atoms with Crippen LogP contribution in [0.1, 0.15) is 90.0 Å². The Morgan fingerprint density at radius 1 is 0.391 bits per heavy atom. The highest BCUT2D eigenvalue weighted by atomic mass is 16.6. The fraction of sp³-hybridized carbons (Fsp3) is 1.00. The molecular weight excluding hydrogens is 288 g/mol. The van der Waals surface area contributed by atoms with Crippen LogP contribution in [0.25, 0.3) is 0 Å². The van der Waals surface area contributed by atoms with Crippen LogP contribution < -0.4 is 0 Å². The van der Waals surface area contributed by atoms with E-state index in [2.05, 4.69) is 90.0 Å². The van der Waals surface area contributed by atoms with Crippen molar-refractivity contribution in [3.05, 3.63) is 0 Å². The molecule has 0 amide bonds. The predicted octanol–water partition coefficient (Wildman–Crippen LogP) is 5.61. The van der Waals surface area contributed by atoms with E-state index in [1.165, 1.54) is 0 Å². The second kappa shape index (κ2) is 6.31. The number of rotatable bonds is 7. The Balaban J connectivity index is 5.49. The minimum atomic E-state index is -0.491. The zero-order chi connectivity index (χ0) is 19.1. The Labute approximate surface area is 145 Å². The lowest BCUT2D eigenvalue weighted by atomic mass is 9.77. The van der Waals surface area contributed by atoms with Gasteiger partial charge in [-0.3, -0.25) is 0 Å². The zero-order valence-electron chi connectivity index (χ0n) is 18.2. The summed E-state index contributed by atoms with van der Waals surface area (Å²) < 4.78 is 18.8. The van der Waals surface area contributed by atoms with Crippen LogP contribution in [0.4, 0.5) is 0 Å². The third-order valence-electron chi connectivity index (χ3n) is 6.24. The molecule has 0 aromatic heterocycles. The van der Waals surface area contributed by atoms with Crippen molar-refractivity contribution in [1.82, 2.24) is 0 Å². The third-order valence-corrected chi connectivity index (χ3v) is 6.24. The summed E-state index contributed by atoms with van der Waals surface area (Å²) in [7, 11) is 1.72. The zero-order valence-corrected chi connectivity index (χ0v) is 18.2. The van der Waals surface area contributed by atoms with Crippen molar-refractivity contribution >= 4 is 0 Å². The fourth-order valence-electron chi connectivity index (χ4n) is 2.04. The first-order valence-corrected chi connectivity index (χ1v) is 8.68. The lowest BCUT2D eigenvalue weighted by molar-refractivity contribution is -0.291. The molecule has 0 saturated carbocycles. The van der Waals surface area contributed by atoms with Gasteiger partial charge in [-0.25, -0.2) is 0 Å². The van der Waals surface area contributed by atoms with E-state index in [9.17, 15) is 0 Å². The summed E-state index contributed by atoms with van der Waals surface area (Å²) in [5, 5.41) is 0. The molecule has 0 N–H and O–H groups in total. The van der Waals surface area contributed by atoms with E-state index >= 15 is 0 Å². The van der Waals surface area contributed by atoms with E-state index < -0.39 is 22.4 Å². The number of ether oxygens (including phenoxy) is 3. The van der Waals surface area contributed by atoms with E-state index in [4.69, 9.17) is 14.2 Å². The maximum atomic E-state index is 6.58. The quantitative estimate of drug-likeness (QED) is 0.607. The van der Waals surface area contributed by atoms with Crippen LogP contribution in [0.5, 0.6) is 0 Å². The molecule has 0 aromatic carbocycles. The monoisotopic (exact) mass is 330 g/mol. The molecule has 0 rings (SSSR count). The Bertz CT molecular complexity index is 396. The second-order valence-corrected chi connectivity index (χ2v) is 10.2. The van der Waals surface area contributed by atoms with Crippen molar-refractivity contribution in [3.8, 4) is 0 Å². The molecule has 0 aliphatic heterocycles. The van der Waals surface area contributed by atoms with Crippen LogP contribution in [0.15, 0.2) is 0 Å². The molecule has 0 unspecified atom stereocenters. The molecule has 0 atom stereocenters. The van der Waals surface area contributed by atoms with Crippen LogP contribution in [-0.2, 0) is 14.2 Å². The molecule has 3 heteroatoms. The maximum Gasteiger partial charge on any atom is 0.0918 e. The average Bonchev–Trinajstić information content (AvgIpc) is 2.23. The van der Waals surface area contributed by atoms with Crippen LogP contribution in [0, 0.1) is 5.41 Å². The molecule has 0 aromatic rings. The minimum Gasteiger partial charge on any atom is -0.376 e. The Kier molecular flexibility index (Phi) is 6.28. The van der Waals surface area contributed by atoms with Crippen molar-refractivity contribution in [2.75, 3.05) is 7.11 Å². The molecule has 0 radical (unpaired) electrons. The Morgan fingerprint density at radius 3 is 0.913 bits per heavy atom. The largest absolute Gasteiger partial charge is 0.376 e. The predicted molar refractivity (Wildman–Crippen MR) is 99.0 cm³/mol. The van der Waals surface area contributed by atoms with Gasteiger partial charge in [-0.05, 0) is 74.7 Å². The van der Waals surface area contributed by atoms with Crippen molar-refractivity contribution in [2.24, 2.45) is 5.41 Å². The number of hydrogen-bond donors (Lipinski definition) is 0. The highest BCUT2D eigenvalue weighted by molar-refractivity contribution is 4.99. The summed E-state index contributed by atoms with van der Waals surface area (Å²) in [6, 6.07) is 0. The van der Waals surface area contributed by atoms with Gasteiger partial charge in [-0.1, -0.05) is 20.8 Å². The molecule has 0 fully saturated rings. The summed E-state index contributed by atoms with van der Waals surface area (Å²) in [5.74, 6) is 0. The van der Waals surface area contributed by atoms with Gasteiger partial charge in [0.25, 0.3) is 0 Å². The van der Waals surface area contributed by atoms with E-state index in [0.717, 1.165) is 0 Å². The summed E-state index contributed by atoms with van der Waals surface area (Å²) in [6.45, 7) is 27.6. The van der Waals surface area contributed by atoms with Gasteiger partial charge in [-0.15, -0.1) is 0 Å². The van der Waals surface area contributed by atoms with E-state index in [-0.39, 0.29) is 11.0 Å². The highest BCUT2D eigenvalue weighted by Crippen LogP contribution is 2.43. The third kappa shape index (κ3) is 4.93. The SMILES string of the molecule is COC(C)(C)C(C)(C)OC(C)(C)C(C)(C)OC(C)(C)C(C)(C)C. The summed E-state index contributed by atoms with van der Waals surface area (Å²) >= 11 is 0. The summed E-state index contributed by atoms with van der Waals surface area (Å²) in [6.07, 6.45) is 0. The van der Waals surface area contributed by atoms with Gasteiger partial charge in [0.2, 0.25) is 0 Å². The molecule has 3 nitrogen and oxygen atoms in total. The van der Waals surface area contributed by atoms with Gasteiger partial charge in [-0.2, -0.15) is 0 Å². The molecule has 0 aliphatic rings. The number of hydrogen-bond acceptors (Lipinski definition) is 3. The van der Waals surface area contributed by atoms with Gasteiger partial charge >= 0.3 is 0 Å². The Morgan fingerprint density at radius 2 is 0.652 bits per heavy atom. The normalized spacial score (nSPS) is 15.9. The first-order chi connectivity index (χ1) is 9.72. The maximum absolute atomic E-state index is 6.58. The number of methoxy groups -OCH3 is 1. The molecule has 0 saturated heterocycles. The molecule has 0 spiro atoms. The minimum absolute atomic E-state index is 0.0294. The summed E-state index contributed by atoms with van der Waals surface area (Å²) in [5.41, 5.74) is -2.07. The van der Waals surface area contributed by atoms with Gasteiger partial charge < -0.3 is 14.2 Å². The van der Waals surface area contributed by atoms with Gasteiger partial charge in [0.15, 0.2) is 0 Å². The van der Waals surface area contributed by atoms with Gasteiger partial charge in [0.05, 0.1) is 28.0 Å². The van der Waals surface area contributed by atoms with Crippen molar-refractivity contribution in [1.29, 1.82) is 0 Å². The lowest BCUT2D eigenvalue weighted by Crippen LogP contribution is -2.61. The molecule has 140 valence electrons. The molecule has 0 bridgehead atoms. The van der Waals surface area contributed by atoms with E-state index in [0.29, 0.717) is 0 Å². The first kappa shape index (κ1) is 22.9. The van der Waals surface area contributed by atoms with E-state index in [1.807, 2.05) is 0 Å². The van der Waals surface area contributed by atoms with Crippen LogP contribution in [-0.4, -0.2) is 35.1 Å². The molecule has 0 heterocycles. The smallest absolute Gasteiger partial charge is 0.0918 e. The van der Waals surface area contributed by atoms with Crippen LogP contribution in [0.3, 0.4) is 0 Å². The van der Waals surface area contributed by atoms with Crippen molar-refractivity contribution in [3.63, 3.8) is 0 Å². The van der Waals surface area contributed by atoms with Crippen molar-refractivity contribution in [2.45, 2.75) is 118 Å². The Hall–Kier alpha value is -0.120. The van der Waals surface area contributed by atoms with Crippen LogP contribution in [0.2, 0.25) is 0 Å². The van der Waals surface area contributed by atoms with Gasteiger partial charge in [0.1, 0.15) is 0 Å². The van der Waals surface area contributed by atoms with Crippen molar-refractivity contribution < 1.29 is 14.2 Å². The average molecular weight is 331 g/mol. The lowest BCUT2D eigenvalue weighted by Gasteiger charge is -2.53. The standard InChI is InChI=1S/C20H42O3/c1-15(2,3)16(4,5)22-19(10,11)20(12,13)23-18(8,9)17(6,7)21-14/h1-14H3. The summed E-state index contributed by atoms with van der Waals surface area (Å²) in [4.78, 5) is 0. The van der Waals surface area contributed by atoms with Crippen LogP contribution >= 0.6 is 0 Å². The van der Waals surface area contributed by atoms with E-state index in [1.54, 1.807) is 7.11 Å². The first-order valence-electron chi connectivity index (χ1n) is 8.68. The highest BCUT2D eigenvalue weighted by Gasteiger charge is 2.51. The fourth-order valence-corrected chi connectivity index (χ4v) is 2.04. The second-order valence-electron chi connectivity index (χ2n) is 10.2. The van der Waals surface area contributed by atoms with Gasteiger partial charge in [0, 0.05) is 7.11 Å².